The molecule has 0 spiro atoms. The lowest BCUT2D eigenvalue weighted by Crippen LogP contribution is -2.12. The molecule has 1 amide bonds. The van der Waals surface area contributed by atoms with Crippen molar-refractivity contribution in [2.24, 2.45) is 0 Å². The van der Waals surface area contributed by atoms with Gasteiger partial charge in [0.1, 0.15) is 0 Å². The first kappa shape index (κ1) is 11.7. The Morgan fingerprint density at radius 3 is 2.59 bits per heavy atom. The van der Waals surface area contributed by atoms with Crippen LogP contribution in [0.5, 0.6) is 0 Å². The summed E-state index contributed by atoms with van der Waals surface area (Å²) in [4.78, 5) is 21.3. The zero-order valence-corrected chi connectivity index (χ0v) is 10.8. The van der Waals surface area contributed by atoms with Crippen molar-refractivity contribution < 1.29 is 4.79 Å². The molecule has 0 saturated carbocycles. The van der Waals surface area contributed by atoms with Crippen molar-refractivity contribution in [1.82, 2.24) is 9.97 Å². The van der Waals surface area contributed by atoms with Crippen LogP contribution in [0.2, 0.25) is 0 Å². The van der Waals surface area contributed by atoms with Crippen molar-refractivity contribution in [2.75, 3.05) is 5.32 Å². The molecule has 0 fully saturated rings. The number of aryl methyl sites for hydroxylation is 3. The SMILES string of the molecule is Cc1ccc(C(=O)Nc2nc(C)c(C)s2)cn1. The number of thiazole rings is 1. The van der Waals surface area contributed by atoms with E-state index in [-0.39, 0.29) is 5.91 Å². The number of aromatic nitrogens is 2. The van der Waals surface area contributed by atoms with E-state index in [2.05, 4.69) is 15.3 Å². The first-order valence-electron chi connectivity index (χ1n) is 5.24. The molecular weight excluding hydrogens is 234 g/mol. The number of pyridine rings is 1. The van der Waals surface area contributed by atoms with Crippen molar-refractivity contribution in [3.63, 3.8) is 0 Å². The Balaban J connectivity index is 2.14. The van der Waals surface area contributed by atoms with Crippen LogP contribution < -0.4 is 5.32 Å². The summed E-state index contributed by atoms with van der Waals surface area (Å²) in [6, 6.07) is 3.57. The molecule has 2 aromatic heterocycles. The lowest BCUT2D eigenvalue weighted by molar-refractivity contribution is 0.102. The third-order valence-electron chi connectivity index (χ3n) is 2.42. The fourth-order valence-electron chi connectivity index (χ4n) is 1.30. The van der Waals surface area contributed by atoms with Gasteiger partial charge in [-0.1, -0.05) is 0 Å². The molecule has 0 aliphatic rings. The fourth-order valence-corrected chi connectivity index (χ4v) is 2.11. The van der Waals surface area contributed by atoms with Gasteiger partial charge in [-0.05, 0) is 32.9 Å². The van der Waals surface area contributed by atoms with E-state index >= 15 is 0 Å². The molecule has 2 aromatic rings. The summed E-state index contributed by atoms with van der Waals surface area (Å²) >= 11 is 1.48. The Labute approximate surface area is 104 Å². The van der Waals surface area contributed by atoms with E-state index in [0.29, 0.717) is 10.7 Å². The van der Waals surface area contributed by atoms with E-state index in [4.69, 9.17) is 0 Å². The second kappa shape index (κ2) is 4.63. The predicted molar refractivity (Wildman–Crippen MR) is 68.5 cm³/mol. The molecule has 17 heavy (non-hydrogen) atoms. The topological polar surface area (TPSA) is 54.9 Å². The monoisotopic (exact) mass is 247 g/mol. The lowest BCUT2D eigenvalue weighted by Gasteiger charge is -2.01. The van der Waals surface area contributed by atoms with Crippen LogP contribution >= 0.6 is 11.3 Å². The largest absolute Gasteiger partial charge is 0.298 e. The summed E-state index contributed by atoms with van der Waals surface area (Å²) in [6.07, 6.45) is 1.57. The molecule has 0 unspecified atom stereocenters. The third-order valence-corrected chi connectivity index (χ3v) is 3.41. The Bertz CT molecular complexity index is 526. The van der Waals surface area contributed by atoms with E-state index in [1.165, 1.54) is 11.3 Å². The number of nitrogens with zero attached hydrogens (tertiary/aromatic N) is 2. The second-order valence-corrected chi connectivity index (χ2v) is 5.01. The summed E-state index contributed by atoms with van der Waals surface area (Å²) in [6.45, 7) is 5.79. The minimum Gasteiger partial charge on any atom is -0.298 e. The van der Waals surface area contributed by atoms with Gasteiger partial charge in [-0.25, -0.2) is 4.98 Å². The molecule has 0 atom stereocenters. The van der Waals surface area contributed by atoms with Gasteiger partial charge in [-0.15, -0.1) is 11.3 Å². The van der Waals surface area contributed by atoms with E-state index in [1.54, 1.807) is 12.3 Å². The number of carbonyl (C=O) groups excluding carboxylic acids is 1. The second-order valence-electron chi connectivity index (χ2n) is 3.80. The first-order chi connectivity index (χ1) is 8.06. The number of carbonyl (C=O) groups is 1. The summed E-state index contributed by atoms with van der Waals surface area (Å²) in [5.41, 5.74) is 2.39. The Morgan fingerprint density at radius 1 is 1.29 bits per heavy atom. The highest BCUT2D eigenvalue weighted by Gasteiger charge is 2.09. The highest BCUT2D eigenvalue weighted by atomic mass is 32.1. The van der Waals surface area contributed by atoms with Gasteiger partial charge < -0.3 is 0 Å². The number of amides is 1. The molecule has 0 aliphatic heterocycles. The number of rotatable bonds is 2. The molecule has 0 bridgehead atoms. The van der Waals surface area contributed by atoms with Gasteiger partial charge in [0.2, 0.25) is 0 Å². The van der Waals surface area contributed by atoms with Crippen molar-refractivity contribution in [3.05, 3.63) is 40.2 Å². The van der Waals surface area contributed by atoms with Crippen LogP contribution in [0, 0.1) is 20.8 Å². The zero-order valence-electron chi connectivity index (χ0n) is 9.94. The normalized spacial score (nSPS) is 10.3. The standard InChI is InChI=1S/C12H13N3OS/c1-7-4-5-10(6-13-7)11(16)15-12-14-8(2)9(3)17-12/h4-6H,1-3H3,(H,14,15,16). The van der Waals surface area contributed by atoms with Crippen molar-refractivity contribution in [3.8, 4) is 0 Å². The van der Waals surface area contributed by atoms with Crippen LogP contribution in [0.25, 0.3) is 0 Å². The molecule has 0 saturated heterocycles. The minimum absolute atomic E-state index is 0.175. The summed E-state index contributed by atoms with van der Waals surface area (Å²) in [7, 11) is 0. The number of hydrogen-bond donors (Lipinski definition) is 1. The van der Waals surface area contributed by atoms with E-state index in [9.17, 15) is 4.79 Å². The predicted octanol–water partition coefficient (Wildman–Crippen LogP) is 2.72. The van der Waals surface area contributed by atoms with Gasteiger partial charge in [0.25, 0.3) is 5.91 Å². The molecule has 1 N–H and O–H groups in total. The maximum absolute atomic E-state index is 11.9. The van der Waals surface area contributed by atoms with Crippen molar-refractivity contribution in [2.45, 2.75) is 20.8 Å². The third kappa shape index (κ3) is 2.68. The van der Waals surface area contributed by atoms with E-state index < -0.39 is 0 Å². The van der Waals surface area contributed by atoms with Crippen LogP contribution in [-0.4, -0.2) is 15.9 Å². The first-order valence-corrected chi connectivity index (χ1v) is 6.06. The highest BCUT2D eigenvalue weighted by Crippen LogP contribution is 2.21. The number of nitrogens with one attached hydrogen (secondary N) is 1. The van der Waals surface area contributed by atoms with E-state index in [1.807, 2.05) is 26.8 Å². The number of anilines is 1. The van der Waals surface area contributed by atoms with Crippen LogP contribution in [0.1, 0.15) is 26.6 Å². The summed E-state index contributed by atoms with van der Waals surface area (Å²) in [5.74, 6) is -0.175. The van der Waals surface area contributed by atoms with Crippen molar-refractivity contribution in [1.29, 1.82) is 0 Å². The van der Waals surface area contributed by atoms with Gasteiger partial charge in [-0.2, -0.15) is 0 Å². The van der Waals surface area contributed by atoms with Crippen LogP contribution in [0.4, 0.5) is 5.13 Å². The van der Waals surface area contributed by atoms with Crippen LogP contribution in [-0.2, 0) is 0 Å². The number of hydrogen-bond acceptors (Lipinski definition) is 4. The van der Waals surface area contributed by atoms with Crippen molar-refractivity contribution >= 4 is 22.4 Å². The van der Waals surface area contributed by atoms with Crippen LogP contribution in [0.15, 0.2) is 18.3 Å². The fraction of sp³-hybridized carbons (Fsp3) is 0.250. The molecule has 88 valence electrons. The minimum atomic E-state index is -0.175. The van der Waals surface area contributed by atoms with Gasteiger partial charge in [-0.3, -0.25) is 15.1 Å². The van der Waals surface area contributed by atoms with Gasteiger partial charge in [0.05, 0.1) is 11.3 Å². The quantitative estimate of drug-likeness (QED) is 0.887. The molecule has 5 heteroatoms. The maximum atomic E-state index is 11.9. The van der Waals surface area contributed by atoms with Gasteiger partial charge >= 0.3 is 0 Å². The van der Waals surface area contributed by atoms with Crippen LogP contribution in [0.3, 0.4) is 0 Å². The van der Waals surface area contributed by atoms with Gasteiger partial charge in [0, 0.05) is 16.8 Å². The smallest absolute Gasteiger partial charge is 0.259 e. The Kier molecular flexibility index (Phi) is 3.19. The molecule has 0 aliphatic carbocycles. The average molecular weight is 247 g/mol. The molecule has 4 nitrogen and oxygen atoms in total. The summed E-state index contributed by atoms with van der Waals surface area (Å²) < 4.78 is 0. The maximum Gasteiger partial charge on any atom is 0.259 e. The molecule has 0 aromatic carbocycles. The van der Waals surface area contributed by atoms with Gasteiger partial charge in [0.15, 0.2) is 5.13 Å². The van der Waals surface area contributed by atoms with E-state index in [0.717, 1.165) is 16.3 Å². The highest BCUT2D eigenvalue weighted by molar-refractivity contribution is 7.15. The average Bonchev–Trinajstić information content (AvgIpc) is 2.58. The molecular formula is C12H13N3OS. The zero-order chi connectivity index (χ0) is 12.4. The lowest BCUT2D eigenvalue weighted by atomic mass is 10.2. The summed E-state index contributed by atoms with van der Waals surface area (Å²) in [5, 5.41) is 3.40. The molecule has 0 radical (unpaired) electrons. The molecule has 2 heterocycles. The Hall–Kier alpha value is -1.75. The molecule has 2 rings (SSSR count). The Morgan fingerprint density at radius 2 is 2.06 bits per heavy atom.